The Balaban J connectivity index is 0.000000296. The Labute approximate surface area is 140 Å². The Morgan fingerprint density at radius 1 is 1.24 bits per heavy atom. The third-order valence-electron chi connectivity index (χ3n) is 2.51. The summed E-state index contributed by atoms with van der Waals surface area (Å²) in [4.78, 5) is 9.69. The van der Waals surface area contributed by atoms with Gasteiger partial charge in [-0.2, -0.15) is 11.3 Å². The second kappa shape index (κ2) is 11.5. The number of halogens is 1. The van der Waals surface area contributed by atoms with Gasteiger partial charge in [0.2, 0.25) is 0 Å². The molecular formula is C18H23BrOS. The molecule has 114 valence electrons. The number of carbonyl (C=O) groups excluding carboxylic acids is 1. The van der Waals surface area contributed by atoms with Crippen LogP contribution in [0, 0.1) is 6.92 Å². The molecule has 21 heavy (non-hydrogen) atoms. The lowest BCUT2D eigenvalue weighted by Gasteiger charge is -1.96. The topological polar surface area (TPSA) is 17.1 Å². The molecule has 0 bridgehead atoms. The van der Waals surface area contributed by atoms with Gasteiger partial charge in [0.05, 0.1) is 0 Å². The van der Waals surface area contributed by atoms with Crippen LogP contribution in [0.2, 0.25) is 0 Å². The molecule has 1 aromatic heterocycles. The van der Waals surface area contributed by atoms with Gasteiger partial charge in [-0.15, -0.1) is 0 Å². The van der Waals surface area contributed by atoms with Crippen molar-refractivity contribution in [2.24, 2.45) is 0 Å². The van der Waals surface area contributed by atoms with Gasteiger partial charge in [0, 0.05) is 4.47 Å². The summed E-state index contributed by atoms with van der Waals surface area (Å²) in [5.74, 6) is 0.714. The van der Waals surface area contributed by atoms with Crippen LogP contribution >= 0.6 is 27.3 Å². The number of carbonyl (C=O) groups is 1. The first-order valence-electron chi connectivity index (χ1n) is 6.74. The molecule has 1 heterocycles. The van der Waals surface area contributed by atoms with Crippen molar-refractivity contribution in [2.75, 3.05) is 0 Å². The number of ketones is 1. The summed E-state index contributed by atoms with van der Waals surface area (Å²) in [7, 11) is 0. The quantitative estimate of drug-likeness (QED) is 0.562. The lowest BCUT2D eigenvalue weighted by molar-refractivity contribution is -0.112. The molecule has 0 radical (unpaired) electrons. The van der Waals surface area contributed by atoms with Crippen LogP contribution in [0.1, 0.15) is 37.8 Å². The molecular weight excluding hydrogens is 344 g/mol. The number of rotatable bonds is 2. The molecule has 0 atom stereocenters. The van der Waals surface area contributed by atoms with E-state index in [1.54, 1.807) is 11.3 Å². The molecule has 1 aromatic carbocycles. The summed E-state index contributed by atoms with van der Waals surface area (Å²) in [6.45, 7) is 11.2. The zero-order chi connectivity index (χ0) is 16.3. The number of aryl methyl sites for hydroxylation is 1. The van der Waals surface area contributed by atoms with Crippen molar-refractivity contribution in [2.45, 2.75) is 33.6 Å². The number of hydrogen-bond donors (Lipinski definition) is 0. The van der Waals surface area contributed by atoms with Gasteiger partial charge in [0.1, 0.15) is 0 Å². The highest BCUT2D eigenvalue weighted by Crippen LogP contribution is 2.16. The second-order valence-electron chi connectivity index (χ2n) is 4.82. The van der Waals surface area contributed by atoms with Crippen molar-refractivity contribution in [1.82, 2.24) is 0 Å². The van der Waals surface area contributed by atoms with Crippen molar-refractivity contribution < 1.29 is 4.79 Å². The predicted molar refractivity (Wildman–Crippen MR) is 98.2 cm³/mol. The number of hydrogen-bond acceptors (Lipinski definition) is 2. The molecule has 2 aromatic rings. The Bertz CT molecular complexity index is 492. The van der Waals surface area contributed by atoms with Gasteiger partial charge in [-0.05, 0) is 60.4 Å². The fourth-order valence-electron chi connectivity index (χ4n) is 1.14. The molecule has 0 amide bonds. The molecule has 0 aliphatic rings. The third kappa shape index (κ3) is 11.2. The van der Waals surface area contributed by atoms with E-state index in [1.807, 2.05) is 12.1 Å². The Kier molecular flexibility index (Phi) is 10.8. The normalized spacial score (nSPS) is 9.05. The monoisotopic (exact) mass is 366 g/mol. The van der Waals surface area contributed by atoms with Crippen LogP contribution in [0.25, 0.3) is 0 Å². The van der Waals surface area contributed by atoms with Crippen LogP contribution in [0.15, 0.2) is 58.2 Å². The largest absolute Gasteiger partial charge is 0.295 e. The van der Waals surface area contributed by atoms with Gasteiger partial charge in [0.25, 0.3) is 0 Å². The number of thiophene rings is 1. The van der Waals surface area contributed by atoms with E-state index in [0.29, 0.717) is 5.92 Å². The van der Waals surface area contributed by atoms with Crippen LogP contribution in [0.3, 0.4) is 0 Å². The van der Waals surface area contributed by atoms with E-state index in [1.165, 1.54) is 24.1 Å². The van der Waals surface area contributed by atoms with Crippen molar-refractivity contribution in [3.05, 3.63) is 69.3 Å². The molecule has 1 nitrogen and oxygen atoms in total. The van der Waals surface area contributed by atoms with Crippen LogP contribution in [0.5, 0.6) is 0 Å². The van der Waals surface area contributed by atoms with Crippen LogP contribution in [-0.2, 0) is 4.79 Å². The Morgan fingerprint density at radius 3 is 2.00 bits per heavy atom. The van der Waals surface area contributed by atoms with Crippen molar-refractivity contribution in [3.8, 4) is 0 Å². The molecule has 0 fully saturated rings. The summed E-state index contributed by atoms with van der Waals surface area (Å²) in [6, 6.07) is 10.4. The highest BCUT2D eigenvalue weighted by Gasteiger charge is 1.95. The highest BCUT2D eigenvalue weighted by atomic mass is 79.9. The molecule has 0 unspecified atom stereocenters. The van der Waals surface area contributed by atoms with Crippen molar-refractivity contribution in [3.63, 3.8) is 0 Å². The maximum absolute atomic E-state index is 9.69. The SMILES string of the molecule is C=CC(C)=O.CC(C)c1ccsc1.Cc1ccc(Br)cc1. The molecule has 0 aliphatic carbocycles. The first-order chi connectivity index (χ1) is 9.86. The Morgan fingerprint density at radius 2 is 1.76 bits per heavy atom. The standard InChI is InChI=1S/C7H7Br.C7H10S.C4H6O/c1-6-2-4-7(8)5-3-6;1-6(2)7-3-4-8-5-7;1-3-4(2)5/h2-5H,1H3;3-6H,1-2H3;3H,1H2,2H3. The van der Waals surface area contributed by atoms with E-state index in [9.17, 15) is 4.79 Å². The number of allylic oxidation sites excluding steroid dienone is 1. The molecule has 0 saturated heterocycles. The van der Waals surface area contributed by atoms with Crippen molar-refractivity contribution >= 4 is 33.0 Å². The van der Waals surface area contributed by atoms with Gasteiger partial charge in [-0.1, -0.05) is 54.1 Å². The first kappa shape index (κ1) is 19.8. The summed E-state index contributed by atoms with van der Waals surface area (Å²) < 4.78 is 1.14. The molecule has 0 spiro atoms. The van der Waals surface area contributed by atoms with E-state index < -0.39 is 0 Å². The maximum Gasteiger partial charge on any atom is 0.152 e. The molecule has 3 heteroatoms. The van der Waals surface area contributed by atoms with Gasteiger partial charge in [-0.3, -0.25) is 4.79 Å². The lowest BCUT2D eigenvalue weighted by Crippen LogP contribution is -1.79. The first-order valence-corrected chi connectivity index (χ1v) is 8.47. The minimum atomic E-state index is 0.0185. The average molecular weight is 367 g/mol. The van der Waals surface area contributed by atoms with E-state index in [2.05, 4.69) is 72.2 Å². The van der Waals surface area contributed by atoms with E-state index >= 15 is 0 Å². The predicted octanol–water partition coefficient (Wildman–Crippen LogP) is 6.39. The summed E-state index contributed by atoms with van der Waals surface area (Å²) in [5.41, 5.74) is 2.75. The molecule has 0 N–H and O–H groups in total. The van der Waals surface area contributed by atoms with Gasteiger partial charge >= 0.3 is 0 Å². The molecule has 0 saturated carbocycles. The molecule has 0 aliphatic heterocycles. The van der Waals surface area contributed by atoms with E-state index in [0.717, 1.165) is 4.47 Å². The van der Waals surface area contributed by atoms with Crippen LogP contribution in [-0.4, -0.2) is 5.78 Å². The summed E-state index contributed by atoms with van der Waals surface area (Å²) in [5, 5.41) is 4.32. The van der Waals surface area contributed by atoms with Gasteiger partial charge in [0.15, 0.2) is 5.78 Å². The van der Waals surface area contributed by atoms with Crippen LogP contribution < -0.4 is 0 Å². The van der Waals surface area contributed by atoms with Crippen LogP contribution in [0.4, 0.5) is 0 Å². The van der Waals surface area contributed by atoms with E-state index in [-0.39, 0.29) is 5.78 Å². The van der Waals surface area contributed by atoms with Crippen molar-refractivity contribution in [1.29, 1.82) is 0 Å². The number of benzene rings is 1. The lowest BCUT2D eigenvalue weighted by atomic mass is 10.1. The minimum absolute atomic E-state index is 0.0185. The highest BCUT2D eigenvalue weighted by molar-refractivity contribution is 9.10. The zero-order valence-corrected chi connectivity index (χ0v) is 15.5. The summed E-state index contributed by atoms with van der Waals surface area (Å²) in [6.07, 6.45) is 1.28. The van der Waals surface area contributed by atoms with E-state index in [4.69, 9.17) is 0 Å². The van der Waals surface area contributed by atoms with Gasteiger partial charge < -0.3 is 0 Å². The molecule has 2 rings (SSSR count). The zero-order valence-electron chi connectivity index (χ0n) is 13.1. The fourth-order valence-corrected chi connectivity index (χ4v) is 2.22. The minimum Gasteiger partial charge on any atom is -0.295 e. The Hall–Kier alpha value is -1.19. The smallest absolute Gasteiger partial charge is 0.152 e. The third-order valence-corrected chi connectivity index (χ3v) is 3.74. The average Bonchev–Trinajstić information content (AvgIpc) is 2.98. The second-order valence-corrected chi connectivity index (χ2v) is 6.52. The summed E-state index contributed by atoms with van der Waals surface area (Å²) >= 11 is 5.11. The maximum atomic E-state index is 9.69. The van der Waals surface area contributed by atoms with Gasteiger partial charge in [-0.25, -0.2) is 0 Å². The fraction of sp³-hybridized carbons (Fsp3) is 0.278.